The maximum Gasteiger partial charge on any atom is 0.243 e. The molecule has 10 nitrogen and oxygen atoms in total. The summed E-state index contributed by atoms with van der Waals surface area (Å²) in [5.41, 5.74) is 9.26. The molecule has 6 heterocycles. The van der Waals surface area contributed by atoms with Crippen molar-refractivity contribution in [1.82, 2.24) is 34.1 Å². The van der Waals surface area contributed by atoms with E-state index in [0.717, 1.165) is 23.4 Å². The van der Waals surface area contributed by atoms with Gasteiger partial charge < -0.3 is 15.8 Å². The number of anilines is 2. The topological polar surface area (TPSA) is 111 Å². The van der Waals surface area contributed by atoms with Crippen molar-refractivity contribution in [1.29, 1.82) is 0 Å². The number of ether oxygens (including phenoxy) is 1. The second kappa shape index (κ2) is 7.13. The molecule has 3 N–H and O–H groups in total. The number of nitrogens with zero attached hydrogens (tertiary/aromatic N) is 7. The number of likely N-dealkylation sites (tertiary alicyclic amines) is 1. The molecule has 4 aromatic rings. The van der Waals surface area contributed by atoms with Crippen molar-refractivity contribution in [2.45, 2.75) is 24.7 Å². The zero-order valence-corrected chi connectivity index (χ0v) is 16.7. The summed E-state index contributed by atoms with van der Waals surface area (Å²) in [6, 6.07) is 5.66. The predicted octanol–water partition coefficient (Wildman–Crippen LogP) is 1.24. The molecule has 2 saturated heterocycles. The van der Waals surface area contributed by atoms with Gasteiger partial charge in [-0.05, 0) is 24.6 Å². The summed E-state index contributed by atoms with van der Waals surface area (Å²) in [7, 11) is 0. The van der Waals surface area contributed by atoms with Gasteiger partial charge in [0.05, 0.1) is 31.0 Å². The van der Waals surface area contributed by atoms with Crippen molar-refractivity contribution >= 4 is 22.9 Å². The number of imidazole rings is 1. The molecular weight excluding hydrogens is 401 g/mol. The first-order chi connectivity index (χ1) is 15.2. The summed E-state index contributed by atoms with van der Waals surface area (Å²) in [6.07, 6.45) is 4.95. The molecule has 0 amide bonds. The SMILES string of the molecule is Nc1nc(N[C@H]2CCN(C3COC3)C[C@H]2F)nn2ccc(-c3ccc4nccn4n3)c12. The Labute approximate surface area is 176 Å². The van der Waals surface area contributed by atoms with Crippen LogP contribution in [0.1, 0.15) is 6.42 Å². The van der Waals surface area contributed by atoms with E-state index in [-0.39, 0.29) is 6.04 Å². The van der Waals surface area contributed by atoms with Crippen molar-refractivity contribution in [2.75, 3.05) is 37.4 Å². The lowest BCUT2D eigenvalue weighted by atomic mass is 10.0. The third-order valence-corrected chi connectivity index (χ3v) is 6.09. The number of fused-ring (bicyclic) bond motifs is 2. The standard InChI is InChI=1S/C20H22FN9O/c21-14-9-28(12-10-31-11-12)6-4-16(14)24-20-25-19(22)18-13(3-7-30(18)27-20)15-1-2-17-23-5-8-29(17)26-15/h1-3,5,7-8,12,14,16H,4,6,9-11H2,(H3,22,24,25,27)/t14-,16+/m1/s1. The summed E-state index contributed by atoms with van der Waals surface area (Å²) < 4.78 is 23.4. The molecule has 0 bridgehead atoms. The van der Waals surface area contributed by atoms with Crippen molar-refractivity contribution in [3.05, 3.63) is 36.8 Å². The van der Waals surface area contributed by atoms with E-state index >= 15 is 0 Å². The number of hydrogen-bond acceptors (Lipinski definition) is 8. The zero-order chi connectivity index (χ0) is 20.9. The van der Waals surface area contributed by atoms with Crippen LogP contribution in [0.2, 0.25) is 0 Å². The molecule has 2 fully saturated rings. The molecule has 4 aromatic heterocycles. The van der Waals surface area contributed by atoms with Crippen LogP contribution >= 0.6 is 0 Å². The van der Waals surface area contributed by atoms with Crippen LogP contribution in [0.25, 0.3) is 22.4 Å². The fourth-order valence-electron chi connectivity index (χ4n) is 4.30. The Morgan fingerprint density at radius 3 is 2.84 bits per heavy atom. The van der Waals surface area contributed by atoms with Gasteiger partial charge in [-0.25, -0.2) is 18.4 Å². The average molecular weight is 423 g/mol. The van der Waals surface area contributed by atoms with E-state index in [0.29, 0.717) is 49.5 Å². The second-order valence-electron chi connectivity index (χ2n) is 8.03. The van der Waals surface area contributed by atoms with Gasteiger partial charge in [0.15, 0.2) is 11.5 Å². The normalized spacial score (nSPS) is 22.7. The lowest BCUT2D eigenvalue weighted by Crippen LogP contribution is -2.57. The van der Waals surface area contributed by atoms with E-state index in [1.807, 2.05) is 18.2 Å². The highest BCUT2D eigenvalue weighted by Gasteiger charge is 2.35. The third kappa shape index (κ3) is 3.17. The van der Waals surface area contributed by atoms with Gasteiger partial charge in [0.2, 0.25) is 5.95 Å². The van der Waals surface area contributed by atoms with Gasteiger partial charge >= 0.3 is 0 Å². The molecule has 0 aliphatic carbocycles. The molecule has 6 rings (SSSR count). The number of nitrogens with one attached hydrogen (secondary N) is 1. The average Bonchev–Trinajstić information content (AvgIpc) is 3.35. The van der Waals surface area contributed by atoms with Gasteiger partial charge in [0.25, 0.3) is 0 Å². The van der Waals surface area contributed by atoms with E-state index in [4.69, 9.17) is 10.5 Å². The van der Waals surface area contributed by atoms with Crippen LogP contribution in [-0.4, -0.2) is 78.7 Å². The first kappa shape index (κ1) is 18.5. The lowest BCUT2D eigenvalue weighted by Gasteiger charge is -2.42. The number of hydrogen-bond donors (Lipinski definition) is 2. The summed E-state index contributed by atoms with van der Waals surface area (Å²) in [4.78, 5) is 10.8. The maximum absolute atomic E-state index is 14.8. The fraction of sp³-hybridized carbons (Fsp3) is 0.400. The van der Waals surface area contributed by atoms with Gasteiger partial charge in [0.1, 0.15) is 11.7 Å². The molecule has 31 heavy (non-hydrogen) atoms. The van der Waals surface area contributed by atoms with E-state index in [1.54, 1.807) is 27.6 Å². The third-order valence-electron chi connectivity index (χ3n) is 6.09. The Bertz CT molecular complexity index is 1250. The highest BCUT2D eigenvalue weighted by molar-refractivity contribution is 5.86. The van der Waals surface area contributed by atoms with Crippen LogP contribution < -0.4 is 11.1 Å². The quantitative estimate of drug-likeness (QED) is 0.505. The predicted molar refractivity (Wildman–Crippen MR) is 112 cm³/mol. The molecule has 2 aliphatic heterocycles. The van der Waals surface area contributed by atoms with E-state index in [2.05, 4.69) is 30.4 Å². The molecule has 2 aliphatic rings. The minimum atomic E-state index is -1.01. The fourth-order valence-corrected chi connectivity index (χ4v) is 4.30. The summed E-state index contributed by atoms with van der Waals surface area (Å²) in [5, 5.41) is 12.2. The van der Waals surface area contributed by atoms with Gasteiger partial charge in [0, 0.05) is 37.2 Å². The second-order valence-corrected chi connectivity index (χ2v) is 8.03. The number of alkyl halides is 1. The molecule has 0 unspecified atom stereocenters. The minimum absolute atomic E-state index is 0.310. The molecular formula is C20H22FN9O. The van der Waals surface area contributed by atoms with Crippen molar-refractivity contribution in [3.8, 4) is 11.3 Å². The first-order valence-electron chi connectivity index (χ1n) is 10.3. The number of halogens is 1. The number of nitrogens with two attached hydrogens (primary N) is 1. The summed E-state index contributed by atoms with van der Waals surface area (Å²) >= 11 is 0. The molecule has 2 atom stereocenters. The molecule has 0 aromatic carbocycles. The van der Waals surface area contributed by atoms with Crippen molar-refractivity contribution in [2.24, 2.45) is 0 Å². The van der Waals surface area contributed by atoms with Crippen LogP contribution in [0.4, 0.5) is 16.2 Å². The Balaban J connectivity index is 1.25. The first-order valence-corrected chi connectivity index (χ1v) is 10.3. The van der Waals surface area contributed by atoms with E-state index < -0.39 is 6.17 Å². The van der Waals surface area contributed by atoms with Crippen LogP contribution in [-0.2, 0) is 4.74 Å². The van der Waals surface area contributed by atoms with Crippen LogP contribution in [0, 0.1) is 0 Å². The number of aromatic nitrogens is 6. The van der Waals surface area contributed by atoms with Crippen LogP contribution in [0.3, 0.4) is 0 Å². The molecule has 0 radical (unpaired) electrons. The Morgan fingerprint density at radius 2 is 2.03 bits per heavy atom. The van der Waals surface area contributed by atoms with Crippen molar-refractivity contribution in [3.63, 3.8) is 0 Å². The Hall–Kier alpha value is -3.31. The molecule has 11 heteroatoms. The Kier molecular flexibility index (Phi) is 4.25. The van der Waals surface area contributed by atoms with Crippen LogP contribution in [0.15, 0.2) is 36.8 Å². The van der Waals surface area contributed by atoms with Gasteiger partial charge in [-0.15, -0.1) is 5.10 Å². The van der Waals surface area contributed by atoms with Gasteiger partial charge in [-0.1, -0.05) is 0 Å². The highest BCUT2D eigenvalue weighted by atomic mass is 19.1. The Morgan fingerprint density at radius 1 is 1.13 bits per heavy atom. The van der Waals surface area contributed by atoms with E-state index in [9.17, 15) is 4.39 Å². The highest BCUT2D eigenvalue weighted by Crippen LogP contribution is 2.28. The minimum Gasteiger partial charge on any atom is -0.382 e. The number of rotatable bonds is 4. The van der Waals surface area contributed by atoms with Crippen LogP contribution in [0.5, 0.6) is 0 Å². The number of nitrogen functional groups attached to an aromatic ring is 1. The monoisotopic (exact) mass is 423 g/mol. The lowest BCUT2D eigenvalue weighted by molar-refractivity contribution is -0.0794. The van der Waals surface area contributed by atoms with E-state index in [1.165, 1.54) is 0 Å². The number of piperidine rings is 1. The molecule has 0 saturated carbocycles. The van der Waals surface area contributed by atoms with Gasteiger partial charge in [-0.2, -0.15) is 10.1 Å². The van der Waals surface area contributed by atoms with Crippen molar-refractivity contribution < 1.29 is 9.13 Å². The maximum atomic E-state index is 14.8. The smallest absolute Gasteiger partial charge is 0.243 e. The zero-order valence-electron chi connectivity index (χ0n) is 16.7. The summed E-state index contributed by atoms with van der Waals surface area (Å²) in [6.45, 7) is 2.60. The summed E-state index contributed by atoms with van der Waals surface area (Å²) in [5.74, 6) is 0.628. The largest absolute Gasteiger partial charge is 0.382 e. The molecule has 160 valence electrons. The molecule has 0 spiro atoms. The van der Waals surface area contributed by atoms with Gasteiger partial charge in [-0.3, -0.25) is 4.90 Å².